The molecule has 0 aliphatic carbocycles. The highest BCUT2D eigenvalue weighted by atomic mass is 35.5. The van der Waals surface area contributed by atoms with Gasteiger partial charge in [0.15, 0.2) is 0 Å². The quantitative estimate of drug-likeness (QED) is 0.377. The lowest BCUT2D eigenvalue weighted by atomic mass is 10.2. The molecule has 0 aromatic heterocycles. The molecule has 0 atom stereocenters. The second-order valence-corrected chi connectivity index (χ2v) is 4.45. The number of hydrogen-bond donors (Lipinski definition) is 0. The molecule has 20 heavy (non-hydrogen) atoms. The zero-order valence-corrected chi connectivity index (χ0v) is 12.1. The average Bonchev–Trinajstić information content (AvgIpc) is 2.43. The van der Waals surface area contributed by atoms with Gasteiger partial charge in [0.05, 0.1) is 24.7 Å². The Balaban J connectivity index is 2.24. The number of nitro benzene ring substituents is 1. The van der Waals surface area contributed by atoms with Crippen LogP contribution in [0.5, 0.6) is 0 Å². The highest BCUT2D eigenvalue weighted by Gasteiger charge is 2.09. The lowest BCUT2D eigenvalue weighted by Gasteiger charge is -2.07. The molecule has 7 heteroatoms. The highest BCUT2D eigenvalue weighted by Crippen LogP contribution is 2.22. The second-order valence-electron chi connectivity index (χ2n) is 4.04. The minimum absolute atomic E-state index is 0.0101. The van der Waals surface area contributed by atoms with E-state index in [9.17, 15) is 10.1 Å². The molecule has 0 heterocycles. The van der Waals surface area contributed by atoms with Gasteiger partial charge in [-0.05, 0) is 12.5 Å². The van der Waals surface area contributed by atoms with E-state index in [-0.39, 0.29) is 12.3 Å². The molecule has 112 valence electrons. The normalized spacial score (nSPS) is 10.7. The molecular weight excluding hydrogens is 286 g/mol. The summed E-state index contributed by atoms with van der Waals surface area (Å²) in [6, 6.07) is 4.30. The van der Waals surface area contributed by atoms with Gasteiger partial charge < -0.3 is 14.2 Å². The Bertz CT molecular complexity index is 427. The van der Waals surface area contributed by atoms with Gasteiger partial charge in [-0.3, -0.25) is 10.1 Å². The first-order valence-electron chi connectivity index (χ1n) is 6.22. The van der Waals surface area contributed by atoms with E-state index in [0.29, 0.717) is 37.0 Å². The Morgan fingerprint density at radius 1 is 1.20 bits per heavy atom. The molecular formula is C13H18ClNO5. The van der Waals surface area contributed by atoms with Gasteiger partial charge in [0, 0.05) is 43.0 Å². The minimum Gasteiger partial charge on any atom is -0.382 e. The lowest BCUT2D eigenvalue weighted by molar-refractivity contribution is -0.384. The van der Waals surface area contributed by atoms with Crippen LogP contribution in [0.25, 0.3) is 0 Å². The Kier molecular flexibility index (Phi) is 8.13. The molecule has 1 rings (SSSR count). The van der Waals surface area contributed by atoms with Crippen LogP contribution >= 0.6 is 11.6 Å². The fourth-order valence-electron chi connectivity index (χ4n) is 1.47. The Morgan fingerprint density at radius 2 is 1.95 bits per heavy atom. The molecule has 0 unspecified atom stereocenters. The molecule has 0 saturated carbocycles. The SMILES string of the molecule is COCCOCCCOCc1cc([N+](=O)[O-])ccc1Cl. The van der Waals surface area contributed by atoms with E-state index in [1.165, 1.54) is 18.2 Å². The van der Waals surface area contributed by atoms with Crippen LogP contribution in [-0.2, 0) is 20.8 Å². The lowest BCUT2D eigenvalue weighted by Crippen LogP contribution is -2.05. The summed E-state index contributed by atoms with van der Waals surface area (Å²) in [7, 11) is 1.62. The van der Waals surface area contributed by atoms with E-state index in [1.807, 2.05) is 0 Å². The van der Waals surface area contributed by atoms with Crippen molar-refractivity contribution in [2.24, 2.45) is 0 Å². The second kappa shape index (κ2) is 9.66. The summed E-state index contributed by atoms with van der Waals surface area (Å²) in [5.74, 6) is 0. The topological polar surface area (TPSA) is 70.8 Å². The van der Waals surface area contributed by atoms with E-state index in [2.05, 4.69) is 0 Å². The van der Waals surface area contributed by atoms with Crippen molar-refractivity contribution in [2.45, 2.75) is 13.0 Å². The first kappa shape index (κ1) is 16.8. The molecule has 0 fully saturated rings. The largest absolute Gasteiger partial charge is 0.382 e. The number of nitro groups is 1. The third kappa shape index (κ3) is 6.29. The number of benzene rings is 1. The molecule has 1 aromatic rings. The van der Waals surface area contributed by atoms with E-state index in [1.54, 1.807) is 7.11 Å². The number of ether oxygens (including phenoxy) is 3. The van der Waals surface area contributed by atoms with E-state index in [4.69, 9.17) is 25.8 Å². The van der Waals surface area contributed by atoms with Gasteiger partial charge in [-0.25, -0.2) is 0 Å². The Hall–Kier alpha value is -1.21. The smallest absolute Gasteiger partial charge is 0.269 e. The van der Waals surface area contributed by atoms with Crippen molar-refractivity contribution in [2.75, 3.05) is 33.5 Å². The number of hydrogen-bond acceptors (Lipinski definition) is 5. The number of halogens is 1. The Morgan fingerprint density at radius 3 is 2.65 bits per heavy atom. The van der Waals surface area contributed by atoms with Crippen LogP contribution in [0.4, 0.5) is 5.69 Å². The average molecular weight is 304 g/mol. The van der Waals surface area contributed by atoms with Crippen molar-refractivity contribution >= 4 is 17.3 Å². The number of rotatable bonds is 10. The summed E-state index contributed by atoms with van der Waals surface area (Å²) in [5, 5.41) is 11.1. The first-order valence-corrected chi connectivity index (χ1v) is 6.60. The van der Waals surface area contributed by atoms with Crippen LogP contribution in [0.1, 0.15) is 12.0 Å². The predicted octanol–water partition coefficient (Wildman–Crippen LogP) is 2.82. The van der Waals surface area contributed by atoms with Gasteiger partial charge >= 0.3 is 0 Å². The van der Waals surface area contributed by atoms with Gasteiger partial charge in [-0.2, -0.15) is 0 Å². The van der Waals surface area contributed by atoms with Crippen molar-refractivity contribution in [3.8, 4) is 0 Å². The van der Waals surface area contributed by atoms with E-state index >= 15 is 0 Å². The zero-order chi connectivity index (χ0) is 14.8. The van der Waals surface area contributed by atoms with Gasteiger partial charge in [0.1, 0.15) is 0 Å². The molecule has 0 amide bonds. The number of nitrogens with zero attached hydrogens (tertiary/aromatic N) is 1. The van der Waals surface area contributed by atoms with Crippen LogP contribution in [0.2, 0.25) is 5.02 Å². The monoisotopic (exact) mass is 303 g/mol. The summed E-state index contributed by atoms with van der Waals surface area (Å²) < 4.78 is 15.5. The summed E-state index contributed by atoms with van der Waals surface area (Å²) in [6.45, 7) is 2.48. The standard InChI is InChI=1S/C13H18ClNO5/c1-18-7-8-19-5-2-6-20-10-11-9-12(15(16)17)3-4-13(11)14/h3-4,9H,2,5-8,10H2,1H3. The van der Waals surface area contributed by atoms with Gasteiger partial charge in [0.2, 0.25) is 0 Å². The molecule has 6 nitrogen and oxygen atoms in total. The fourth-order valence-corrected chi connectivity index (χ4v) is 1.65. The van der Waals surface area contributed by atoms with Crippen LogP contribution in [0, 0.1) is 10.1 Å². The number of methoxy groups -OCH3 is 1. The Labute approximate surface area is 122 Å². The molecule has 0 N–H and O–H groups in total. The van der Waals surface area contributed by atoms with Gasteiger partial charge in [-0.1, -0.05) is 11.6 Å². The van der Waals surface area contributed by atoms with Crippen LogP contribution in [-0.4, -0.2) is 38.5 Å². The molecule has 0 aliphatic rings. The van der Waals surface area contributed by atoms with Crippen molar-refractivity contribution in [3.05, 3.63) is 38.9 Å². The third-order valence-electron chi connectivity index (χ3n) is 2.51. The molecule has 1 aromatic carbocycles. The fraction of sp³-hybridized carbons (Fsp3) is 0.538. The maximum atomic E-state index is 10.7. The summed E-state index contributed by atoms with van der Waals surface area (Å²) in [5.41, 5.74) is 0.622. The highest BCUT2D eigenvalue weighted by molar-refractivity contribution is 6.31. The van der Waals surface area contributed by atoms with Gasteiger partial charge in [0.25, 0.3) is 5.69 Å². The molecule has 0 aliphatic heterocycles. The molecule has 0 saturated heterocycles. The zero-order valence-electron chi connectivity index (χ0n) is 11.3. The maximum absolute atomic E-state index is 10.7. The summed E-state index contributed by atoms with van der Waals surface area (Å²) >= 11 is 5.96. The van der Waals surface area contributed by atoms with E-state index in [0.717, 1.165) is 6.42 Å². The van der Waals surface area contributed by atoms with E-state index < -0.39 is 4.92 Å². The molecule has 0 spiro atoms. The molecule has 0 radical (unpaired) electrons. The van der Waals surface area contributed by atoms with Crippen LogP contribution in [0.15, 0.2) is 18.2 Å². The molecule has 0 bridgehead atoms. The van der Waals surface area contributed by atoms with Gasteiger partial charge in [-0.15, -0.1) is 0 Å². The van der Waals surface area contributed by atoms with Crippen molar-refractivity contribution in [1.82, 2.24) is 0 Å². The predicted molar refractivity (Wildman–Crippen MR) is 75.1 cm³/mol. The minimum atomic E-state index is -0.455. The van der Waals surface area contributed by atoms with Crippen molar-refractivity contribution in [1.29, 1.82) is 0 Å². The maximum Gasteiger partial charge on any atom is 0.269 e. The number of non-ortho nitro benzene ring substituents is 1. The van der Waals surface area contributed by atoms with Crippen LogP contribution in [0.3, 0.4) is 0 Å². The summed E-state index contributed by atoms with van der Waals surface area (Å²) in [4.78, 5) is 10.2. The summed E-state index contributed by atoms with van der Waals surface area (Å²) in [6.07, 6.45) is 0.746. The van der Waals surface area contributed by atoms with Crippen LogP contribution < -0.4 is 0 Å². The first-order chi connectivity index (χ1) is 9.65. The van der Waals surface area contributed by atoms with Crippen molar-refractivity contribution in [3.63, 3.8) is 0 Å². The van der Waals surface area contributed by atoms with Crippen molar-refractivity contribution < 1.29 is 19.1 Å². The third-order valence-corrected chi connectivity index (χ3v) is 2.88.